The minimum absolute atomic E-state index is 0.514. The molecule has 0 amide bonds. The molecule has 0 saturated heterocycles. The molecule has 0 aliphatic carbocycles. The van der Waals surface area contributed by atoms with Gasteiger partial charge >= 0.3 is 0 Å². The Morgan fingerprint density at radius 2 is 2.18 bits per heavy atom. The maximum Gasteiger partial charge on any atom is 0.124 e. The minimum atomic E-state index is -0.514. The van der Waals surface area contributed by atoms with E-state index in [1.54, 1.807) is 18.4 Å². The fraction of sp³-hybridized carbons (Fsp3) is 0.286. The summed E-state index contributed by atoms with van der Waals surface area (Å²) in [4.78, 5) is 0. The van der Waals surface area contributed by atoms with Gasteiger partial charge in [-0.25, -0.2) is 0 Å². The van der Waals surface area contributed by atoms with Gasteiger partial charge in [0, 0.05) is 12.0 Å². The SMILES string of the molecule is COc1ccc(C)cc1C(O)Cc1ccsc1. The Morgan fingerprint density at radius 1 is 1.35 bits per heavy atom. The van der Waals surface area contributed by atoms with Gasteiger partial charge in [0.25, 0.3) is 0 Å². The molecule has 1 heterocycles. The monoisotopic (exact) mass is 248 g/mol. The largest absolute Gasteiger partial charge is 0.496 e. The van der Waals surface area contributed by atoms with E-state index in [0.29, 0.717) is 6.42 Å². The molecule has 2 nitrogen and oxygen atoms in total. The van der Waals surface area contributed by atoms with E-state index in [4.69, 9.17) is 4.74 Å². The molecule has 0 bridgehead atoms. The van der Waals surface area contributed by atoms with Crippen molar-refractivity contribution in [3.05, 3.63) is 51.7 Å². The molecule has 17 heavy (non-hydrogen) atoms. The maximum atomic E-state index is 10.3. The van der Waals surface area contributed by atoms with Gasteiger partial charge < -0.3 is 9.84 Å². The Morgan fingerprint density at radius 3 is 2.82 bits per heavy atom. The van der Waals surface area contributed by atoms with Crippen LogP contribution in [0.5, 0.6) is 5.75 Å². The molecule has 0 fully saturated rings. The summed E-state index contributed by atoms with van der Waals surface area (Å²) in [5.74, 6) is 0.748. The van der Waals surface area contributed by atoms with Crippen LogP contribution in [0.3, 0.4) is 0 Å². The Hall–Kier alpha value is -1.32. The van der Waals surface area contributed by atoms with Gasteiger partial charge in [-0.3, -0.25) is 0 Å². The average Bonchev–Trinajstić information content (AvgIpc) is 2.81. The normalized spacial score (nSPS) is 12.4. The van der Waals surface area contributed by atoms with Gasteiger partial charge in [0.05, 0.1) is 13.2 Å². The molecule has 0 spiro atoms. The Kier molecular flexibility index (Phi) is 3.82. The summed E-state index contributed by atoms with van der Waals surface area (Å²) >= 11 is 1.65. The van der Waals surface area contributed by atoms with Crippen LogP contribution in [-0.2, 0) is 6.42 Å². The summed E-state index contributed by atoms with van der Waals surface area (Å²) in [5.41, 5.74) is 3.15. The van der Waals surface area contributed by atoms with Crippen LogP contribution in [0.4, 0.5) is 0 Å². The molecular formula is C14H16O2S. The predicted octanol–water partition coefficient (Wildman–Crippen LogP) is 3.34. The highest BCUT2D eigenvalue weighted by atomic mass is 32.1. The number of aliphatic hydroxyl groups excluding tert-OH is 1. The zero-order valence-electron chi connectivity index (χ0n) is 10.0. The summed E-state index contributed by atoms with van der Waals surface area (Å²) in [6.45, 7) is 2.01. The van der Waals surface area contributed by atoms with Crippen molar-refractivity contribution in [2.75, 3.05) is 7.11 Å². The van der Waals surface area contributed by atoms with Crippen molar-refractivity contribution in [2.24, 2.45) is 0 Å². The zero-order valence-corrected chi connectivity index (χ0v) is 10.8. The first-order valence-corrected chi connectivity index (χ1v) is 6.48. The first-order chi connectivity index (χ1) is 8.20. The third kappa shape index (κ3) is 2.87. The number of hydrogen-bond donors (Lipinski definition) is 1. The fourth-order valence-corrected chi connectivity index (χ4v) is 2.54. The number of benzene rings is 1. The van der Waals surface area contributed by atoms with Crippen molar-refractivity contribution in [3.63, 3.8) is 0 Å². The number of aryl methyl sites for hydroxylation is 1. The third-order valence-electron chi connectivity index (χ3n) is 2.75. The lowest BCUT2D eigenvalue weighted by atomic mass is 10.0. The number of aliphatic hydroxyl groups is 1. The van der Waals surface area contributed by atoms with Crippen molar-refractivity contribution in [1.82, 2.24) is 0 Å². The standard InChI is InChI=1S/C14H16O2S/c1-10-3-4-14(16-2)12(7-10)13(15)8-11-5-6-17-9-11/h3-7,9,13,15H,8H2,1-2H3. The molecule has 2 aromatic rings. The third-order valence-corrected chi connectivity index (χ3v) is 3.49. The summed E-state index contributed by atoms with van der Waals surface area (Å²) in [6.07, 6.45) is 0.114. The quantitative estimate of drug-likeness (QED) is 0.899. The Bertz CT molecular complexity index is 477. The van der Waals surface area contributed by atoms with Gasteiger partial charge in [0.1, 0.15) is 5.75 Å². The molecule has 0 radical (unpaired) electrons. The van der Waals surface area contributed by atoms with Crippen molar-refractivity contribution in [2.45, 2.75) is 19.4 Å². The summed E-state index contributed by atoms with van der Waals surface area (Å²) < 4.78 is 5.28. The van der Waals surface area contributed by atoms with E-state index in [1.807, 2.05) is 36.6 Å². The average molecular weight is 248 g/mol. The molecule has 1 aromatic carbocycles. The number of thiophene rings is 1. The van der Waals surface area contributed by atoms with Crippen molar-refractivity contribution >= 4 is 11.3 Å². The molecule has 1 unspecified atom stereocenters. The summed E-state index contributed by atoms with van der Waals surface area (Å²) in [7, 11) is 1.63. The molecule has 0 aliphatic rings. The number of rotatable bonds is 4. The van der Waals surface area contributed by atoms with Crippen LogP contribution >= 0.6 is 11.3 Å². The van der Waals surface area contributed by atoms with Crippen molar-refractivity contribution in [1.29, 1.82) is 0 Å². The van der Waals surface area contributed by atoms with Gasteiger partial charge in [-0.1, -0.05) is 11.6 Å². The molecule has 0 saturated carbocycles. The fourth-order valence-electron chi connectivity index (χ4n) is 1.86. The topological polar surface area (TPSA) is 29.5 Å². The second kappa shape index (κ2) is 5.34. The van der Waals surface area contributed by atoms with Gasteiger partial charge in [0.15, 0.2) is 0 Å². The van der Waals surface area contributed by atoms with E-state index in [2.05, 4.69) is 5.38 Å². The van der Waals surface area contributed by atoms with Crippen LogP contribution in [0, 0.1) is 6.92 Å². The lowest BCUT2D eigenvalue weighted by Crippen LogP contribution is -2.04. The van der Waals surface area contributed by atoms with E-state index in [0.717, 1.165) is 22.4 Å². The molecule has 1 aromatic heterocycles. The van der Waals surface area contributed by atoms with Crippen LogP contribution in [-0.4, -0.2) is 12.2 Å². The first-order valence-electron chi connectivity index (χ1n) is 5.54. The lowest BCUT2D eigenvalue weighted by Gasteiger charge is -2.15. The Balaban J connectivity index is 2.23. The number of hydrogen-bond acceptors (Lipinski definition) is 3. The molecule has 1 N–H and O–H groups in total. The molecule has 2 rings (SSSR count). The van der Waals surface area contributed by atoms with Gasteiger partial charge in [0.2, 0.25) is 0 Å². The molecule has 1 atom stereocenters. The van der Waals surface area contributed by atoms with Crippen molar-refractivity contribution < 1.29 is 9.84 Å². The van der Waals surface area contributed by atoms with E-state index < -0.39 is 6.10 Å². The van der Waals surface area contributed by atoms with Crippen LogP contribution in [0.1, 0.15) is 22.8 Å². The van der Waals surface area contributed by atoms with Crippen molar-refractivity contribution in [3.8, 4) is 5.75 Å². The highest BCUT2D eigenvalue weighted by Gasteiger charge is 2.14. The number of methoxy groups -OCH3 is 1. The number of ether oxygens (including phenoxy) is 1. The van der Waals surface area contributed by atoms with Gasteiger partial charge in [-0.15, -0.1) is 0 Å². The maximum absolute atomic E-state index is 10.3. The highest BCUT2D eigenvalue weighted by Crippen LogP contribution is 2.28. The Labute approximate surface area is 105 Å². The van der Waals surface area contributed by atoms with E-state index in [1.165, 1.54) is 0 Å². The highest BCUT2D eigenvalue weighted by molar-refractivity contribution is 7.07. The van der Waals surface area contributed by atoms with E-state index in [-0.39, 0.29) is 0 Å². The van der Waals surface area contributed by atoms with Gasteiger partial charge in [-0.2, -0.15) is 11.3 Å². The second-order valence-corrected chi connectivity index (χ2v) is 4.88. The summed E-state index contributed by atoms with van der Waals surface area (Å²) in [5, 5.41) is 14.3. The minimum Gasteiger partial charge on any atom is -0.496 e. The molecule has 3 heteroatoms. The zero-order chi connectivity index (χ0) is 12.3. The molecular weight excluding hydrogens is 232 g/mol. The smallest absolute Gasteiger partial charge is 0.124 e. The predicted molar refractivity (Wildman–Crippen MR) is 70.7 cm³/mol. The molecule has 0 aliphatic heterocycles. The second-order valence-electron chi connectivity index (χ2n) is 4.10. The molecule has 90 valence electrons. The summed E-state index contributed by atoms with van der Waals surface area (Å²) in [6, 6.07) is 7.91. The van der Waals surface area contributed by atoms with Crippen LogP contribution in [0.15, 0.2) is 35.0 Å². The lowest BCUT2D eigenvalue weighted by molar-refractivity contribution is 0.174. The van der Waals surface area contributed by atoms with E-state index >= 15 is 0 Å². The van der Waals surface area contributed by atoms with Crippen LogP contribution < -0.4 is 4.74 Å². The first kappa shape index (κ1) is 12.1. The van der Waals surface area contributed by atoms with Gasteiger partial charge in [-0.05, 0) is 41.4 Å². The van der Waals surface area contributed by atoms with Crippen LogP contribution in [0.2, 0.25) is 0 Å². The van der Waals surface area contributed by atoms with E-state index in [9.17, 15) is 5.11 Å². The van der Waals surface area contributed by atoms with Crippen LogP contribution in [0.25, 0.3) is 0 Å².